The third-order valence-corrected chi connectivity index (χ3v) is 6.72. The molecule has 3 fully saturated rings. The number of carbonyl (C=O) groups is 1. The topological polar surface area (TPSA) is 61.6 Å². The van der Waals surface area contributed by atoms with Crippen LogP contribution in [0.3, 0.4) is 0 Å². The lowest BCUT2D eigenvalue weighted by Gasteiger charge is -2.50. The number of amides is 1. The van der Waals surface area contributed by atoms with Crippen molar-refractivity contribution in [3.8, 4) is 0 Å². The zero-order valence-electron chi connectivity index (χ0n) is 16.7. The van der Waals surface area contributed by atoms with Crippen LogP contribution >= 0.6 is 37.2 Å². The Morgan fingerprint density at radius 1 is 0.852 bits per heavy atom. The average molecular weight is 446 g/mol. The average Bonchev–Trinajstić information content (AvgIpc) is 2.63. The van der Waals surface area contributed by atoms with E-state index in [1.165, 1.54) is 38.8 Å². The number of nitrogens with two attached hydrogens (primary N) is 1. The van der Waals surface area contributed by atoms with Crippen LogP contribution in [0.1, 0.15) is 64.2 Å². The van der Waals surface area contributed by atoms with E-state index in [9.17, 15) is 4.79 Å². The Hall–Kier alpha value is 0.220. The van der Waals surface area contributed by atoms with Gasteiger partial charge in [-0.3, -0.25) is 9.69 Å². The summed E-state index contributed by atoms with van der Waals surface area (Å²) < 4.78 is 0. The van der Waals surface area contributed by atoms with Gasteiger partial charge in [-0.05, 0) is 71.8 Å². The molecule has 0 spiro atoms. The minimum atomic E-state index is -0.618. The van der Waals surface area contributed by atoms with Gasteiger partial charge >= 0.3 is 0 Å². The van der Waals surface area contributed by atoms with Gasteiger partial charge in [-0.25, -0.2) is 0 Å². The highest BCUT2D eigenvalue weighted by atomic mass is 35.5. The lowest BCUT2D eigenvalue weighted by atomic mass is 9.80. The smallest absolute Gasteiger partial charge is 0.240 e. The molecule has 1 aliphatic carbocycles. The van der Waals surface area contributed by atoms with Gasteiger partial charge in [-0.1, -0.05) is 25.7 Å². The number of rotatable bonds is 4. The Kier molecular flexibility index (Phi) is 12.1. The van der Waals surface area contributed by atoms with E-state index in [0.717, 1.165) is 58.2 Å². The Morgan fingerprint density at radius 2 is 1.37 bits per heavy atom. The summed E-state index contributed by atoms with van der Waals surface area (Å²) in [7, 11) is 2.20. The van der Waals surface area contributed by atoms with E-state index >= 15 is 0 Å². The first kappa shape index (κ1) is 27.2. The molecule has 1 amide bonds. The molecule has 0 bridgehead atoms. The summed E-state index contributed by atoms with van der Waals surface area (Å²) in [5.41, 5.74) is 5.96. The highest BCUT2D eigenvalue weighted by Crippen LogP contribution is 2.32. The zero-order valence-corrected chi connectivity index (χ0v) is 19.2. The molecule has 0 atom stereocenters. The van der Waals surface area contributed by atoms with Gasteiger partial charge in [-0.15, -0.1) is 37.2 Å². The maximum absolute atomic E-state index is 12.8. The van der Waals surface area contributed by atoms with Gasteiger partial charge in [0.05, 0.1) is 5.54 Å². The van der Waals surface area contributed by atoms with Gasteiger partial charge in [0.1, 0.15) is 0 Å². The molecular weight excluding hydrogens is 407 g/mol. The van der Waals surface area contributed by atoms with Crippen LogP contribution in [0, 0.1) is 0 Å². The summed E-state index contributed by atoms with van der Waals surface area (Å²) >= 11 is 0. The lowest BCUT2D eigenvalue weighted by molar-refractivity contribution is -0.128. The van der Waals surface area contributed by atoms with Gasteiger partial charge in [-0.2, -0.15) is 0 Å². The van der Waals surface area contributed by atoms with Crippen molar-refractivity contribution in [1.82, 2.24) is 15.1 Å². The molecule has 3 N–H and O–H groups in total. The summed E-state index contributed by atoms with van der Waals surface area (Å²) in [5, 5.41) is 3.29. The van der Waals surface area contributed by atoms with E-state index in [0.29, 0.717) is 0 Å². The maximum atomic E-state index is 12.8. The van der Waals surface area contributed by atoms with Crippen molar-refractivity contribution in [1.29, 1.82) is 0 Å². The molecule has 0 aromatic carbocycles. The fraction of sp³-hybridized carbons (Fsp3) is 0.947. The van der Waals surface area contributed by atoms with Crippen LogP contribution in [-0.4, -0.2) is 66.6 Å². The van der Waals surface area contributed by atoms with Gasteiger partial charge in [0, 0.05) is 12.1 Å². The van der Waals surface area contributed by atoms with E-state index in [1.54, 1.807) is 0 Å². The van der Waals surface area contributed by atoms with Gasteiger partial charge < -0.3 is 16.0 Å². The number of piperidine rings is 2. The summed E-state index contributed by atoms with van der Waals surface area (Å²) in [6, 6.07) is 0. The molecule has 27 heavy (non-hydrogen) atoms. The van der Waals surface area contributed by atoms with Crippen molar-refractivity contribution < 1.29 is 4.79 Å². The third-order valence-electron chi connectivity index (χ3n) is 6.72. The van der Waals surface area contributed by atoms with E-state index in [-0.39, 0.29) is 48.7 Å². The Labute approximate surface area is 183 Å². The molecule has 3 rings (SSSR count). The largest absolute Gasteiger partial charge is 0.353 e. The number of halogens is 3. The van der Waals surface area contributed by atoms with Crippen molar-refractivity contribution in [2.75, 3.05) is 39.8 Å². The second-order valence-electron chi connectivity index (χ2n) is 8.47. The summed E-state index contributed by atoms with van der Waals surface area (Å²) in [4.78, 5) is 17.9. The van der Waals surface area contributed by atoms with Crippen LogP contribution in [0.4, 0.5) is 0 Å². The van der Waals surface area contributed by atoms with Crippen LogP contribution in [0.15, 0.2) is 0 Å². The molecule has 162 valence electrons. The molecule has 2 heterocycles. The standard InChI is InChI=1S/C19H36N4O.3ClH/c1-22-14-10-18(11-15-22,23-12-6-3-7-13-23)16-21-17(24)19(20)8-4-2-5-9-19;;;/h2-16,20H2,1H3,(H,21,24);3*1H. The predicted octanol–water partition coefficient (Wildman–Crippen LogP) is 2.98. The van der Waals surface area contributed by atoms with E-state index < -0.39 is 5.54 Å². The van der Waals surface area contributed by atoms with Crippen molar-refractivity contribution in [2.45, 2.75) is 75.3 Å². The molecule has 0 aromatic rings. The predicted molar refractivity (Wildman–Crippen MR) is 120 cm³/mol. The quantitative estimate of drug-likeness (QED) is 0.698. The van der Waals surface area contributed by atoms with Crippen LogP contribution in [0.2, 0.25) is 0 Å². The van der Waals surface area contributed by atoms with Crippen LogP contribution in [-0.2, 0) is 4.79 Å². The second kappa shape index (κ2) is 12.0. The fourth-order valence-electron chi connectivity index (χ4n) is 4.84. The third kappa shape index (κ3) is 6.61. The van der Waals surface area contributed by atoms with Crippen molar-refractivity contribution >= 4 is 43.1 Å². The van der Waals surface area contributed by atoms with Crippen molar-refractivity contribution in [3.05, 3.63) is 0 Å². The van der Waals surface area contributed by atoms with Crippen molar-refractivity contribution in [3.63, 3.8) is 0 Å². The number of nitrogens with one attached hydrogen (secondary N) is 1. The first-order chi connectivity index (χ1) is 11.5. The normalized spacial score (nSPS) is 25.3. The Bertz CT molecular complexity index is 433. The van der Waals surface area contributed by atoms with Gasteiger partial charge in [0.2, 0.25) is 5.91 Å². The van der Waals surface area contributed by atoms with Gasteiger partial charge in [0.15, 0.2) is 0 Å². The Morgan fingerprint density at radius 3 is 1.93 bits per heavy atom. The molecule has 3 aliphatic rings. The van der Waals surface area contributed by atoms with E-state index in [4.69, 9.17) is 5.73 Å². The minimum absolute atomic E-state index is 0. The molecule has 8 heteroatoms. The Balaban J connectivity index is 0.00000225. The number of likely N-dealkylation sites (tertiary alicyclic amines) is 2. The molecule has 0 radical (unpaired) electrons. The van der Waals surface area contributed by atoms with Crippen LogP contribution in [0.5, 0.6) is 0 Å². The molecule has 2 saturated heterocycles. The molecule has 0 aromatic heterocycles. The summed E-state index contributed by atoms with van der Waals surface area (Å²) in [6.45, 7) is 5.40. The van der Waals surface area contributed by atoms with Gasteiger partial charge in [0.25, 0.3) is 0 Å². The first-order valence-electron chi connectivity index (χ1n) is 10.0. The second-order valence-corrected chi connectivity index (χ2v) is 8.47. The summed E-state index contributed by atoms with van der Waals surface area (Å²) in [6.07, 6.45) is 11.3. The number of hydrogen-bond acceptors (Lipinski definition) is 4. The molecule has 1 saturated carbocycles. The van der Waals surface area contributed by atoms with Crippen LogP contribution in [0.25, 0.3) is 0 Å². The maximum Gasteiger partial charge on any atom is 0.240 e. The number of nitrogens with zero attached hydrogens (tertiary/aromatic N) is 2. The summed E-state index contributed by atoms with van der Waals surface area (Å²) in [5.74, 6) is 0.0949. The highest BCUT2D eigenvalue weighted by Gasteiger charge is 2.42. The molecule has 5 nitrogen and oxygen atoms in total. The zero-order chi connectivity index (χ0) is 17.0. The minimum Gasteiger partial charge on any atom is -0.353 e. The molecule has 2 aliphatic heterocycles. The SMILES string of the molecule is CN1CCC(CNC(=O)C2(N)CCCCC2)(N2CCCCC2)CC1.Cl.Cl.Cl. The molecule has 0 unspecified atom stereocenters. The van der Waals surface area contributed by atoms with E-state index in [2.05, 4.69) is 22.2 Å². The fourth-order valence-corrected chi connectivity index (χ4v) is 4.84. The van der Waals surface area contributed by atoms with E-state index in [1.807, 2.05) is 0 Å². The van der Waals surface area contributed by atoms with Crippen molar-refractivity contribution in [2.24, 2.45) is 5.73 Å². The monoisotopic (exact) mass is 444 g/mol. The number of carbonyl (C=O) groups excluding carboxylic acids is 1. The highest BCUT2D eigenvalue weighted by molar-refractivity contribution is 5.86. The number of hydrogen-bond donors (Lipinski definition) is 2. The lowest BCUT2D eigenvalue weighted by Crippen LogP contribution is -2.64. The van der Waals surface area contributed by atoms with Crippen LogP contribution < -0.4 is 11.1 Å². The molecular formula is C19H39Cl3N4O. The first-order valence-corrected chi connectivity index (χ1v) is 10.0.